The van der Waals surface area contributed by atoms with Crippen molar-refractivity contribution in [2.45, 2.75) is 63.9 Å². The maximum atomic E-state index is 14.0. The van der Waals surface area contributed by atoms with Gasteiger partial charge in [-0.1, -0.05) is 32.9 Å². The smallest absolute Gasteiger partial charge is 0.264 e. The van der Waals surface area contributed by atoms with E-state index >= 15 is 0 Å². The Morgan fingerprint density at radius 1 is 1.09 bits per heavy atom. The number of ether oxygens (including phenoxy) is 2. The van der Waals surface area contributed by atoms with Gasteiger partial charge in [-0.2, -0.15) is 0 Å². The molecule has 2 aliphatic rings. The molecule has 0 bridgehead atoms. The molecule has 2 aromatic carbocycles. The van der Waals surface area contributed by atoms with Gasteiger partial charge < -0.3 is 14.6 Å². The topological polar surface area (TPSA) is 76.1 Å². The number of aliphatic hydroxyl groups is 1. The molecule has 1 atom stereocenters. The largest absolute Gasteiger partial charge is 0.493 e. The van der Waals surface area contributed by atoms with Crippen molar-refractivity contribution in [1.82, 2.24) is 0 Å². The first kappa shape index (κ1) is 25.0. The Labute approximate surface area is 203 Å². The number of hydrogen-bond acceptors (Lipinski definition) is 5. The molecule has 0 saturated carbocycles. The van der Waals surface area contributed by atoms with Gasteiger partial charge in [0.1, 0.15) is 5.75 Å². The SMILES string of the molecule is CCc1ccc(N(CC(C)C)S(=O)(=O)c2ccc(OCC3CCOCC3)c3c2CCC3O)cc1. The zero-order valence-corrected chi connectivity index (χ0v) is 21.3. The molecular formula is C27H37NO5S. The summed E-state index contributed by atoms with van der Waals surface area (Å²) in [4.78, 5) is 0.276. The molecule has 1 fully saturated rings. The van der Waals surface area contributed by atoms with Crippen molar-refractivity contribution in [1.29, 1.82) is 0 Å². The molecule has 1 heterocycles. The van der Waals surface area contributed by atoms with Crippen molar-refractivity contribution in [3.05, 3.63) is 53.1 Å². The Bertz CT molecular complexity index is 1070. The van der Waals surface area contributed by atoms with E-state index in [-0.39, 0.29) is 10.8 Å². The lowest BCUT2D eigenvalue weighted by Crippen LogP contribution is -2.35. The normalized spacial score (nSPS) is 18.8. The highest BCUT2D eigenvalue weighted by molar-refractivity contribution is 7.92. The second kappa shape index (κ2) is 10.7. The number of anilines is 1. The highest BCUT2D eigenvalue weighted by Crippen LogP contribution is 2.43. The van der Waals surface area contributed by atoms with Crippen molar-refractivity contribution >= 4 is 15.7 Å². The van der Waals surface area contributed by atoms with Gasteiger partial charge in [0.25, 0.3) is 10.0 Å². The van der Waals surface area contributed by atoms with Crippen molar-refractivity contribution in [2.75, 3.05) is 30.7 Å². The van der Waals surface area contributed by atoms with Crippen LogP contribution in [-0.4, -0.2) is 39.9 Å². The summed E-state index contributed by atoms with van der Waals surface area (Å²) in [6.45, 7) is 8.55. The molecule has 1 aliphatic carbocycles. The van der Waals surface area contributed by atoms with E-state index in [9.17, 15) is 13.5 Å². The van der Waals surface area contributed by atoms with Crippen LogP contribution in [0.25, 0.3) is 0 Å². The van der Waals surface area contributed by atoms with Crippen LogP contribution in [0, 0.1) is 11.8 Å². The second-order valence-corrected chi connectivity index (χ2v) is 11.7. The molecule has 1 N–H and O–H groups in total. The van der Waals surface area contributed by atoms with Gasteiger partial charge in [0.2, 0.25) is 0 Å². The van der Waals surface area contributed by atoms with E-state index in [4.69, 9.17) is 9.47 Å². The summed E-state index contributed by atoms with van der Waals surface area (Å²) in [6.07, 6.45) is 3.13. The highest BCUT2D eigenvalue weighted by Gasteiger charge is 2.35. The third-order valence-electron chi connectivity index (χ3n) is 6.82. The zero-order chi connectivity index (χ0) is 24.3. The maximum Gasteiger partial charge on any atom is 0.264 e. The monoisotopic (exact) mass is 487 g/mol. The Morgan fingerprint density at radius 2 is 1.79 bits per heavy atom. The van der Waals surface area contributed by atoms with Crippen molar-refractivity contribution in [3.63, 3.8) is 0 Å². The Morgan fingerprint density at radius 3 is 2.44 bits per heavy atom. The lowest BCUT2D eigenvalue weighted by Gasteiger charge is -2.28. The van der Waals surface area contributed by atoms with Crippen LogP contribution in [0.4, 0.5) is 5.69 Å². The molecule has 2 aromatic rings. The molecule has 1 aliphatic heterocycles. The van der Waals surface area contributed by atoms with Crippen LogP contribution in [0.3, 0.4) is 0 Å². The number of fused-ring (bicyclic) bond motifs is 1. The molecule has 186 valence electrons. The van der Waals surface area contributed by atoms with Crippen LogP contribution in [-0.2, 0) is 27.6 Å². The van der Waals surface area contributed by atoms with Crippen LogP contribution in [0.5, 0.6) is 5.75 Å². The number of aryl methyl sites for hydroxylation is 1. The average Bonchev–Trinajstić information content (AvgIpc) is 3.23. The summed E-state index contributed by atoms with van der Waals surface area (Å²) in [5.41, 5.74) is 3.16. The molecule has 34 heavy (non-hydrogen) atoms. The third kappa shape index (κ3) is 5.26. The maximum absolute atomic E-state index is 14.0. The predicted molar refractivity (Wildman–Crippen MR) is 134 cm³/mol. The molecule has 7 heteroatoms. The van der Waals surface area contributed by atoms with E-state index in [2.05, 4.69) is 6.92 Å². The highest BCUT2D eigenvalue weighted by atomic mass is 32.2. The Kier molecular flexibility index (Phi) is 7.85. The summed E-state index contributed by atoms with van der Waals surface area (Å²) in [5, 5.41) is 10.7. The number of rotatable bonds is 9. The summed E-state index contributed by atoms with van der Waals surface area (Å²) >= 11 is 0. The first-order valence-corrected chi connectivity index (χ1v) is 13.9. The number of benzene rings is 2. The Balaban J connectivity index is 1.68. The zero-order valence-electron chi connectivity index (χ0n) is 20.5. The van der Waals surface area contributed by atoms with Gasteiger partial charge in [-0.3, -0.25) is 4.31 Å². The standard InChI is InChI=1S/C27H37NO5S/c1-4-20-5-7-22(8-6-20)28(17-19(2)3)34(30,31)26-12-11-25(27-23(26)9-10-24(27)29)33-18-21-13-15-32-16-14-21/h5-8,11-12,19,21,24,29H,4,9-10,13-18H2,1-3H3. The summed E-state index contributed by atoms with van der Waals surface area (Å²) in [7, 11) is -3.82. The molecule has 0 aromatic heterocycles. The minimum absolute atomic E-state index is 0.154. The van der Waals surface area contributed by atoms with Gasteiger partial charge >= 0.3 is 0 Å². The van der Waals surface area contributed by atoms with E-state index in [1.807, 2.05) is 38.1 Å². The van der Waals surface area contributed by atoms with Crippen LogP contribution < -0.4 is 9.04 Å². The van der Waals surface area contributed by atoms with Gasteiger partial charge in [-0.25, -0.2) is 8.42 Å². The molecule has 1 unspecified atom stereocenters. The first-order valence-electron chi connectivity index (χ1n) is 12.5. The lowest BCUT2D eigenvalue weighted by atomic mass is 10.0. The van der Waals surface area contributed by atoms with E-state index < -0.39 is 16.1 Å². The van der Waals surface area contributed by atoms with Crippen LogP contribution >= 0.6 is 0 Å². The van der Waals surface area contributed by atoms with Crippen molar-refractivity contribution < 1.29 is 23.0 Å². The van der Waals surface area contributed by atoms with Gasteiger partial charge in [0.15, 0.2) is 0 Å². The fourth-order valence-corrected chi connectivity index (χ4v) is 6.75. The molecule has 6 nitrogen and oxygen atoms in total. The molecule has 0 radical (unpaired) electrons. The lowest BCUT2D eigenvalue weighted by molar-refractivity contribution is 0.0491. The molecule has 0 amide bonds. The van der Waals surface area contributed by atoms with Gasteiger partial charge in [0.05, 0.1) is 23.3 Å². The van der Waals surface area contributed by atoms with Gasteiger partial charge in [-0.15, -0.1) is 0 Å². The first-order chi connectivity index (χ1) is 16.3. The fraction of sp³-hybridized carbons (Fsp3) is 0.556. The quantitative estimate of drug-likeness (QED) is 0.545. The summed E-state index contributed by atoms with van der Waals surface area (Å²) in [5.74, 6) is 1.17. The predicted octanol–water partition coefficient (Wildman–Crippen LogP) is 4.89. The summed E-state index contributed by atoms with van der Waals surface area (Å²) in [6, 6.07) is 11.1. The number of hydrogen-bond donors (Lipinski definition) is 1. The van der Waals surface area contributed by atoms with E-state index in [1.54, 1.807) is 12.1 Å². The third-order valence-corrected chi connectivity index (χ3v) is 8.70. The van der Waals surface area contributed by atoms with E-state index in [0.717, 1.165) is 32.5 Å². The number of nitrogens with zero attached hydrogens (tertiary/aromatic N) is 1. The van der Waals surface area contributed by atoms with Crippen LogP contribution in [0.15, 0.2) is 41.3 Å². The minimum atomic E-state index is -3.82. The minimum Gasteiger partial charge on any atom is -0.493 e. The molecule has 4 rings (SSSR count). The van der Waals surface area contributed by atoms with Crippen LogP contribution in [0.1, 0.15) is 62.8 Å². The second-order valence-electron chi connectivity index (χ2n) is 9.83. The van der Waals surface area contributed by atoms with Gasteiger partial charge in [-0.05, 0) is 79.3 Å². The molecule has 0 spiro atoms. The fourth-order valence-electron chi connectivity index (χ4n) is 4.85. The number of aliphatic hydroxyl groups excluding tert-OH is 1. The number of sulfonamides is 1. The van der Waals surface area contributed by atoms with Crippen molar-refractivity contribution in [2.24, 2.45) is 11.8 Å². The van der Waals surface area contributed by atoms with Crippen molar-refractivity contribution in [3.8, 4) is 5.75 Å². The molecule has 1 saturated heterocycles. The Hall–Kier alpha value is -2.09. The summed E-state index contributed by atoms with van der Waals surface area (Å²) < 4.78 is 41.1. The van der Waals surface area contributed by atoms with E-state index in [1.165, 1.54) is 9.87 Å². The average molecular weight is 488 g/mol. The van der Waals surface area contributed by atoms with E-state index in [0.29, 0.717) is 54.5 Å². The van der Waals surface area contributed by atoms with Gasteiger partial charge in [0, 0.05) is 25.3 Å². The molecular weight excluding hydrogens is 450 g/mol. The van der Waals surface area contributed by atoms with Crippen LogP contribution in [0.2, 0.25) is 0 Å².